The molecule has 0 aliphatic rings. The number of nitrogens with zero attached hydrogens (tertiary/aromatic N) is 1. The molecule has 0 aromatic rings. The van der Waals surface area contributed by atoms with Crippen molar-refractivity contribution in [2.75, 3.05) is 39.5 Å². The number of ether oxygens (including phenoxy) is 2. The number of hydrogen-bond acceptors (Lipinski definition) is 4. The highest BCUT2D eigenvalue weighted by atomic mass is 16.7. The fraction of sp³-hybridized carbons (Fsp3) is 1.00. The van der Waals surface area contributed by atoms with Crippen LogP contribution in [-0.2, 0) is 9.47 Å². The van der Waals surface area contributed by atoms with Crippen molar-refractivity contribution in [3.63, 3.8) is 0 Å². The highest BCUT2D eigenvalue weighted by molar-refractivity contribution is 4.56. The predicted octanol–water partition coefficient (Wildman–Crippen LogP) is 1.09. The van der Waals surface area contributed by atoms with Crippen LogP contribution in [0.15, 0.2) is 0 Å². The molecule has 0 aliphatic carbocycles. The van der Waals surface area contributed by atoms with Gasteiger partial charge in [-0.25, -0.2) is 0 Å². The predicted molar refractivity (Wildman–Crippen MR) is 60.9 cm³/mol. The maximum atomic E-state index is 8.84. The van der Waals surface area contributed by atoms with Crippen LogP contribution in [0.25, 0.3) is 0 Å². The lowest BCUT2D eigenvalue weighted by molar-refractivity contribution is -0.141. The molecule has 0 aromatic heterocycles. The summed E-state index contributed by atoms with van der Waals surface area (Å²) in [6.07, 6.45) is 0.753. The average Bonchev–Trinajstić information content (AvgIpc) is 2.24. The summed E-state index contributed by atoms with van der Waals surface area (Å²) in [6, 6.07) is 0. The Kier molecular flexibility index (Phi) is 10.3. The minimum absolute atomic E-state index is 0.104. The van der Waals surface area contributed by atoms with Crippen molar-refractivity contribution in [3.05, 3.63) is 0 Å². The van der Waals surface area contributed by atoms with Crippen LogP contribution in [0.2, 0.25) is 0 Å². The zero-order valence-electron chi connectivity index (χ0n) is 10.2. The molecule has 0 radical (unpaired) electrons. The van der Waals surface area contributed by atoms with E-state index in [1.807, 2.05) is 13.8 Å². The van der Waals surface area contributed by atoms with Gasteiger partial charge in [0.25, 0.3) is 0 Å². The fourth-order valence-corrected chi connectivity index (χ4v) is 1.44. The summed E-state index contributed by atoms with van der Waals surface area (Å²) in [6.45, 7) is 10.2. The molecule has 0 spiro atoms. The van der Waals surface area contributed by atoms with Crippen molar-refractivity contribution in [1.29, 1.82) is 0 Å². The van der Waals surface area contributed by atoms with E-state index in [2.05, 4.69) is 11.8 Å². The molecule has 0 saturated heterocycles. The summed E-state index contributed by atoms with van der Waals surface area (Å²) in [4.78, 5) is 2.19. The average molecular weight is 219 g/mol. The van der Waals surface area contributed by atoms with Gasteiger partial charge in [0, 0.05) is 32.7 Å². The minimum Gasteiger partial charge on any atom is -0.395 e. The SMILES string of the molecule is CCOC(CCN(CC)CCO)OCC. The van der Waals surface area contributed by atoms with E-state index in [1.165, 1.54) is 0 Å². The molecule has 4 heteroatoms. The molecule has 1 N–H and O–H groups in total. The molecule has 92 valence electrons. The second kappa shape index (κ2) is 10.4. The lowest BCUT2D eigenvalue weighted by Gasteiger charge is -2.23. The number of aliphatic hydroxyl groups excluding tert-OH is 1. The third-order valence-electron chi connectivity index (χ3n) is 2.25. The first kappa shape index (κ1) is 14.8. The molecule has 0 heterocycles. The van der Waals surface area contributed by atoms with Gasteiger partial charge in [-0.15, -0.1) is 0 Å². The Morgan fingerprint density at radius 2 is 1.67 bits per heavy atom. The lowest BCUT2D eigenvalue weighted by atomic mass is 10.3. The lowest BCUT2D eigenvalue weighted by Crippen LogP contribution is -2.31. The third-order valence-corrected chi connectivity index (χ3v) is 2.25. The van der Waals surface area contributed by atoms with Crippen LogP contribution in [-0.4, -0.2) is 55.8 Å². The smallest absolute Gasteiger partial charge is 0.158 e. The van der Waals surface area contributed by atoms with Crippen molar-refractivity contribution in [3.8, 4) is 0 Å². The van der Waals surface area contributed by atoms with Gasteiger partial charge in [0.05, 0.1) is 6.61 Å². The molecule has 0 aliphatic heterocycles. The van der Waals surface area contributed by atoms with Gasteiger partial charge in [-0.1, -0.05) is 6.92 Å². The number of rotatable bonds is 10. The first-order chi connectivity index (χ1) is 7.28. The van der Waals surface area contributed by atoms with E-state index in [-0.39, 0.29) is 12.9 Å². The number of aliphatic hydroxyl groups is 1. The zero-order chi connectivity index (χ0) is 11.5. The van der Waals surface area contributed by atoms with Crippen LogP contribution in [0.5, 0.6) is 0 Å². The molecule has 0 fully saturated rings. The van der Waals surface area contributed by atoms with Crippen LogP contribution in [0.1, 0.15) is 27.2 Å². The molecule has 0 atom stereocenters. The zero-order valence-corrected chi connectivity index (χ0v) is 10.2. The molecular formula is C11H25NO3. The van der Waals surface area contributed by atoms with E-state index >= 15 is 0 Å². The van der Waals surface area contributed by atoms with E-state index in [4.69, 9.17) is 14.6 Å². The Morgan fingerprint density at radius 3 is 2.07 bits per heavy atom. The molecule has 0 bridgehead atoms. The van der Waals surface area contributed by atoms with Gasteiger partial charge in [0.2, 0.25) is 0 Å². The van der Waals surface area contributed by atoms with Crippen molar-refractivity contribution >= 4 is 0 Å². The highest BCUT2D eigenvalue weighted by Crippen LogP contribution is 2.03. The van der Waals surface area contributed by atoms with Crippen LogP contribution in [0, 0.1) is 0 Å². The Morgan fingerprint density at radius 1 is 1.07 bits per heavy atom. The maximum Gasteiger partial charge on any atom is 0.158 e. The van der Waals surface area contributed by atoms with E-state index in [1.54, 1.807) is 0 Å². The summed E-state index contributed by atoms with van der Waals surface area (Å²) in [5.74, 6) is 0. The second-order valence-corrected chi connectivity index (χ2v) is 3.29. The van der Waals surface area contributed by atoms with Crippen molar-refractivity contribution in [2.45, 2.75) is 33.5 Å². The van der Waals surface area contributed by atoms with E-state index in [0.29, 0.717) is 13.2 Å². The number of likely N-dealkylation sites (N-methyl/N-ethyl adjacent to an activating group) is 1. The normalized spacial score (nSPS) is 11.6. The molecule has 0 aromatic carbocycles. The van der Waals surface area contributed by atoms with Crippen molar-refractivity contribution in [1.82, 2.24) is 4.90 Å². The van der Waals surface area contributed by atoms with Gasteiger partial charge in [-0.2, -0.15) is 0 Å². The van der Waals surface area contributed by atoms with Gasteiger partial charge in [0.1, 0.15) is 0 Å². The standard InChI is InChI=1S/C11H25NO3/c1-4-12(9-10-13)8-7-11(14-5-2)15-6-3/h11,13H,4-10H2,1-3H3. The van der Waals surface area contributed by atoms with Gasteiger partial charge in [-0.3, -0.25) is 0 Å². The van der Waals surface area contributed by atoms with Crippen LogP contribution in [0.3, 0.4) is 0 Å². The molecule has 0 amide bonds. The molecule has 0 rings (SSSR count). The number of hydrogen-bond donors (Lipinski definition) is 1. The summed E-state index contributed by atoms with van der Waals surface area (Å²) in [5, 5.41) is 8.84. The van der Waals surface area contributed by atoms with Crippen molar-refractivity contribution in [2.24, 2.45) is 0 Å². The van der Waals surface area contributed by atoms with Gasteiger partial charge in [0.15, 0.2) is 6.29 Å². The Hall–Kier alpha value is -0.160. The first-order valence-electron chi connectivity index (χ1n) is 5.84. The van der Waals surface area contributed by atoms with Gasteiger partial charge >= 0.3 is 0 Å². The van der Waals surface area contributed by atoms with Crippen LogP contribution >= 0.6 is 0 Å². The molecule has 15 heavy (non-hydrogen) atoms. The monoisotopic (exact) mass is 219 g/mol. The molecule has 0 unspecified atom stereocenters. The summed E-state index contributed by atoms with van der Waals surface area (Å²) >= 11 is 0. The summed E-state index contributed by atoms with van der Waals surface area (Å²) in [7, 11) is 0. The van der Waals surface area contributed by atoms with E-state index in [0.717, 1.165) is 26.1 Å². The quantitative estimate of drug-likeness (QED) is 0.558. The molecular weight excluding hydrogens is 194 g/mol. The fourth-order valence-electron chi connectivity index (χ4n) is 1.44. The van der Waals surface area contributed by atoms with E-state index < -0.39 is 0 Å². The molecule has 0 saturated carbocycles. The summed E-state index contributed by atoms with van der Waals surface area (Å²) < 4.78 is 10.9. The Labute approximate surface area is 93.2 Å². The van der Waals surface area contributed by atoms with Gasteiger partial charge < -0.3 is 19.5 Å². The Bertz CT molecular complexity index is 127. The topological polar surface area (TPSA) is 41.9 Å². The van der Waals surface area contributed by atoms with Crippen LogP contribution < -0.4 is 0 Å². The largest absolute Gasteiger partial charge is 0.395 e. The van der Waals surface area contributed by atoms with E-state index in [9.17, 15) is 0 Å². The van der Waals surface area contributed by atoms with Crippen molar-refractivity contribution < 1.29 is 14.6 Å². The molecule has 4 nitrogen and oxygen atoms in total. The third kappa shape index (κ3) is 7.73. The Balaban J connectivity index is 3.73. The maximum absolute atomic E-state index is 8.84. The highest BCUT2D eigenvalue weighted by Gasteiger charge is 2.10. The van der Waals surface area contributed by atoms with Gasteiger partial charge in [-0.05, 0) is 20.4 Å². The minimum atomic E-state index is -0.104. The second-order valence-electron chi connectivity index (χ2n) is 3.29. The summed E-state index contributed by atoms with van der Waals surface area (Å²) in [5.41, 5.74) is 0. The van der Waals surface area contributed by atoms with Crippen LogP contribution in [0.4, 0.5) is 0 Å². The first-order valence-corrected chi connectivity index (χ1v) is 5.84.